The molecular weight excluding hydrogens is 190 g/mol. The van der Waals surface area contributed by atoms with Gasteiger partial charge in [0.1, 0.15) is 11.4 Å². The zero-order valence-corrected chi connectivity index (χ0v) is 8.41. The standard InChI is InChI=1S/C7H6ClNO.C2H6O/c8-7-2-1-6(3-4-10)5-9-7;1-3-2/h1-2,4-5H,3H2;1-2H3. The van der Waals surface area contributed by atoms with Crippen LogP contribution in [0, 0.1) is 0 Å². The van der Waals surface area contributed by atoms with E-state index in [0.717, 1.165) is 11.8 Å². The van der Waals surface area contributed by atoms with E-state index in [2.05, 4.69) is 9.72 Å². The van der Waals surface area contributed by atoms with Crippen LogP contribution in [-0.2, 0) is 16.0 Å². The summed E-state index contributed by atoms with van der Waals surface area (Å²) >= 11 is 5.51. The normalized spacial score (nSPS) is 8.54. The predicted molar refractivity (Wildman–Crippen MR) is 51.9 cm³/mol. The minimum absolute atomic E-state index is 0.407. The molecule has 72 valence electrons. The molecule has 0 N–H and O–H groups in total. The van der Waals surface area contributed by atoms with Gasteiger partial charge in [-0.25, -0.2) is 4.98 Å². The molecule has 0 fully saturated rings. The lowest BCUT2D eigenvalue weighted by molar-refractivity contribution is -0.107. The molecule has 4 heteroatoms. The highest BCUT2D eigenvalue weighted by Crippen LogP contribution is 2.04. The largest absolute Gasteiger partial charge is 0.388 e. The maximum Gasteiger partial charge on any atom is 0.129 e. The third-order valence-corrected chi connectivity index (χ3v) is 1.33. The molecule has 1 aromatic rings. The molecule has 0 radical (unpaired) electrons. The highest BCUT2D eigenvalue weighted by molar-refractivity contribution is 6.29. The van der Waals surface area contributed by atoms with Crippen molar-refractivity contribution in [3.63, 3.8) is 0 Å². The second-order valence-electron chi connectivity index (χ2n) is 2.27. The Morgan fingerprint density at radius 2 is 2.15 bits per heavy atom. The van der Waals surface area contributed by atoms with Crippen LogP contribution in [0.4, 0.5) is 0 Å². The van der Waals surface area contributed by atoms with Gasteiger partial charge >= 0.3 is 0 Å². The molecule has 0 amide bonds. The monoisotopic (exact) mass is 201 g/mol. The number of halogens is 1. The molecule has 0 saturated heterocycles. The summed E-state index contributed by atoms with van der Waals surface area (Å²) in [6, 6.07) is 3.45. The van der Waals surface area contributed by atoms with Crippen molar-refractivity contribution in [2.75, 3.05) is 14.2 Å². The van der Waals surface area contributed by atoms with Crippen molar-refractivity contribution in [2.45, 2.75) is 6.42 Å². The summed E-state index contributed by atoms with van der Waals surface area (Å²) in [6.07, 6.45) is 2.84. The van der Waals surface area contributed by atoms with Gasteiger partial charge < -0.3 is 9.53 Å². The Morgan fingerprint density at radius 3 is 2.54 bits per heavy atom. The third kappa shape index (κ3) is 6.25. The topological polar surface area (TPSA) is 39.2 Å². The maximum atomic E-state index is 10.00. The minimum Gasteiger partial charge on any atom is -0.388 e. The van der Waals surface area contributed by atoms with E-state index in [1.54, 1.807) is 32.5 Å². The molecule has 13 heavy (non-hydrogen) atoms. The quantitative estimate of drug-likeness (QED) is 0.541. The van der Waals surface area contributed by atoms with E-state index in [0.29, 0.717) is 11.6 Å². The zero-order valence-electron chi connectivity index (χ0n) is 7.66. The number of pyridine rings is 1. The van der Waals surface area contributed by atoms with Crippen molar-refractivity contribution in [2.24, 2.45) is 0 Å². The van der Waals surface area contributed by atoms with Crippen molar-refractivity contribution in [3.05, 3.63) is 29.0 Å². The van der Waals surface area contributed by atoms with Gasteiger partial charge in [-0.3, -0.25) is 0 Å². The average molecular weight is 202 g/mol. The van der Waals surface area contributed by atoms with Crippen LogP contribution in [0.1, 0.15) is 5.56 Å². The Morgan fingerprint density at radius 1 is 1.54 bits per heavy atom. The fourth-order valence-corrected chi connectivity index (χ4v) is 0.735. The molecule has 0 saturated carbocycles. The van der Waals surface area contributed by atoms with E-state index in [-0.39, 0.29) is 0 Å². The molecule has 0 bridgehead atoms. The molecule has 0 aliphatic carbocycles. The second-order valence-corrected chi connectivity index (χ2v) is 2.66. The van der Waals surface area contributed by atoms with Crippen LogP contribution in [0.3, 0.4) is 0 Å². The van der Waals surface area contributed by atoms with E-state index in [1.165, 1.54) is 0 Å². The Hall–Kier alpha value is -0.930. The molecule has 1 rings (SSSR count). The predicted octanol–water partition coefficient (Wildman–Crippen LogP) is 1.74. The van der Waals surface area contributed by atoms with Gasteiger partial charge in [0, 0.05) is 26.8 Å². The molecule has 0 unspecified atom stereocenters. The highest BCUT2D eigenvalue weighted by Gasteiger charge is 1.90. The van der Waals surface area contributed by atoms with Crippen LogP contribution < -0.4 is 0 Å². The first-order chi connectivity index (χ1) is 6.24. The van der Waals surface area contributed by atoms with E-state index >= 15 is 0 Å². The van der Waals surface area contributed by atoms with Crippen molar-refractivity contribution < 1.29 is 9.53 Å². The number of aldehydes is 1. The molecule has 1 heterocycles. The van der Waals surface area contributed by atoms with Crippen molar-refractivity contribution in [1.29, 1.82) is 0 Å². The van der Waals surface area contributed by atoms with Crippen LogP contribution in [0.25, 0.3) is 0 Å². The lowest BCUT2D eigenvalue weighted by Crippen LogP contribution is -1.85. The van der Waals surface area contributed by atoms with Gasteiger partial charge in [0.2, 0.25) is 0 Å². The summed E-state index contributed by atoms with van der Waals surface area (Å²) in [4.78, 5) is 13.8. The summed E-state index contributed by atoms with van der Waals surface area (Å²) in [5.74, 6) is 0. The van der Waals surface area contributed by atoms with Gasteiger partial charge in [0.25, 0.3) is 0 Å². The van der Waals surface area contributed by atoms with Crippen molar-refractivity contribution >= 4 is 17.9 Å². The molecule has 0 aliphatic rings. The van der Waals surface area contributed by atoms with Gasteiger partial charge in [0.15, 0.2) is 0 Å². The smallest absolute Gasteiger partial charge is 0.129 e. The molecule has 0 aromatic carbocycles. The summed E-state index contributed by atoms with van der Waals surface area (Å²) in [7, 11) is 3.25. The molecule has 0 atom stereocenters. The van der Waals surface area contributed by atoms with E-state index in [9.17, 15) is 4.79 Å². The second kappa shape index (κ2) is 7.71. The minimum atomic E-state index is 0.407. The van der Waals surface area contributed by atoms with E-state index in [1.807, 2.05) is 0 Å². The van der Waals surface area contributed by atoms with Crippen molar-refractivity contribution in [3.8, 4) is 0 Å². The molecule has 1 aromatic heterocycles. The van der Waals surface area contributed by atoms with Crippen LogP contribution in [0.15, 0.2) is 18.3 Å². The first-order valence-electron chi connectivity index (χ1n) is 3.68. The number of carbonyl (C=O) groups is 1. The molecule has 0 aliphatic heterocycles. The molecule has 0 spiro atoms. The van der Waals surface area contributed by atoms with Crippen LogP contribution in [-0.4, -0.2) is 25.5 Å². The fourth-order valence-electron chi connectivity index (χ4n) is 0.623. The van der Waals surface area contributed by atoms with Crippen LogP contribution in [0.2, 0.25) is 5.15 Å². The van der Waals surface area contributed by atoms with Crippen molar-refractivity contribution in [1.82, 2.24) is 4.98 Å². The average Bonchev–Trinajstić information content (AvgIpc) is 2.11. The number of rotatable bonds is 2. The number of ether oxygens (including phenoxy) is 1. The SMILES string of the molecule is COC.O=CCc1ccc(Cl)nc1. The third-order valence-electron chi connectivity index (χ3n) is 1.11. The van der Waals surface area contributed by atoms with E-state index in [4.69, 9.17) is 11.6 Å². The number of hydrogen-bond donors (Lipinski definition) is 0. The van der Waals surface area contributed by atoms with Gasteiger partial charge in [-0.2, -0.15) is 0 Å². The maximum absolute atomic E-state index is 10.00. The summed E-state index contributed by atoms with van der Waals surface area (Å²) in [5, 5.41) is 0.453. The summed E-state index contributed by atoms with van der Waals surface area (Å²) < 4.78 is 4.25. The van der Waals surface area contributed by atoms with Gasteiger partial charge in [0.05, 0.1) is 0 Å². The van der Waals surface area contributed by atoms with Gasteiger partial charge in [-0.05, 0) is 11.6 Å². The molecule has 3 nitrogen and oxygen atoms in total. The summed E-state index contributed by atoms with van der Waals surface area (Å²) in [5.41, 5.74) is 0.888. The Kier molecular flexibility index (Phi) is 7.15. The zero-order chi connectivity index (χ0) is 10.1. The van der Waals surface area contributed by atoms with E-state index < -0.39 is 0 Å². The van der Waals surface area contributed by atoms with Crippen LogP contribution in [0.5, 0.6) is 0 Å². The molecular formula is C9H12ClNO2. The number of aromatic nitrogens is 1. The Bertz CT molecular complexity index is 236. The number of methoxy groups -OCH3 is 1. The Balaban J connectivity index is 0.000000424. The number of hydrogen-bond acceptors (Lipinski definition) is 3. The first kappa shape index (κ1) is 12.1. The summed E-state index contributed by atoms with van der Waals surface area (Å²) in [6.45, 7) is 0. The first-order valence-corrected chi connectivity index (χ1v) is 4.06. The lowest BCUT2D eigenvalue weighted by Gasteiger charge is -1.91. The number of carbonyl (C=O) groups excluding carboxylic acids is 1. The van der Waals surface area contributed by atoms with Gasteiger partial charge in [-0.15, -0.1) is 0 Å². The number of nitrogens with zero attached hydrogens (tertiary/aromatic N) is 1. The highest BCUT2D eigenvalue weighted by atomic mass is 35.5. The Labute approximate surface area is 82.7 Å². The van der Waals surface area contributed by atoms with Gasteiger partial charge in [-0.1, -0.05) is 17.7 Å². The fraction of sp³-hybridized carbons (Fsp3) is 0.333. The lowest BCUT2D eigenvalue weighted by atomic mass is 10.2. The van der Waals surface area contributed by atoms with Crippen LogP contribution >= 0.6 is 11.6 Å².